The SMILES string of the molecule is CNC(C)CC(C)Oc1cccc2ccccc12. The van der Waals surface area contributed by atoms with E-state index in [1.807, 2.05) is 19.2 Å². The lowest BCUT2D eigenvalue weighted by atomic mass is 10.1. The zero-order valence-corrected chi connectivity index (χ0v) is 11.3. The second kappa shape index (κ2) is 5.87. The molecule has 0 aromatic heterocycles. The Labute approximate surface area is 109 Å². The van der Waals surface area contributed by atoms with E-state index in [4.69, 9.17) is 4.74 Å². The van der Waals surface area contributed by atoms with Gasteiger partial charge in [0.25, 0.3) is 0 Å². The number of nitrogens with one attached hydrogen (secondary N) is 1. The molecule has 0 aliphatic carbocycles. The number of ether oxygens (including phenoxy) is 1. The van der Waals surface area contributed by atoms with Crippen LogP contribution in [0.15, 0.2) is 42.5 Å². The zero-order valence-electron chi connectivity index (χ0n) is 11.3. The molecular formula is C16H21NO. The summed E-state index contributed by atoms with van der Waals surface area (Å²) in [6.45, 7) is 4.29. The lowest BCUT2D eigenvalue weighted by Crippen LogP contribution is -2.28. The van der Waals surface area contributed by atoms with Crippen molar-refractivity contribution in [2.24, 2.45) is 0 Å². The summed E-state index contributed by atoms with van der Waals surface area (Å²) >= 11 is 0. The van der Waals surface area contributed by atoms with Crippen LogP contribution >= 0.6 is 0 Å². The molecular weight excluding hydrogens is 222 g/mol. The van der Waals surface area contributed by atoms with Gasteiger partial charge in [0, 0.05) is 11.4 Å². The van der Waals surface area contributed by atoms with Crippen molar-refractivity contribution in [3.63, 3.8) is 0 Å². The Kier molecular flexibility index (Phi) is 4.21. The zero-order chi connectivity index (χ0) is 13.0. The van der Waals surface area contributed by atoms with E-state index in [0.717, 1.165) is 12.2 Å². The first-order valence-electron chi connectivity index (χ1n) is 6.52. The fourth-order valence-corrected chi connectivity index (χ4v) is 2.18. The topological polar surface area (TPSA) is 21.3 Å². The normalized spacial score (nSPS) is 14.4. The monoisotopic (exact) mass is 243 g/mol. The summed E-state index contributed by atoms with van der Waals surface area (Å²) < 4.78 is 6.06. The van der Waals surface area contributed by atoms with Crippen molar-refractivity contribution >= 4 is 10.8 Å². The highest BCUT2D eigenvalue weighted by Crippen LogP contribution is 2.26. The Bertz CT molecular complexity index is 504. The molecule has 18 heavy (non-hydrogen) atoms. The van der Waals surface area contributed by atoms with Gasteiger partial charge in [-0.05, 0) is 38.8 Å². The van der Waals surface area contributed by atoms with Crippen molar-refractivity contribution < 1.29 is 4.74 Å². The van der Waals surface area contributed by atoms with Crippen molar-refractivity contribution in [1.29, 1.82) is 0 Å². The van der Waals surface area contributed by atoms with E-state index in [1.165, 1.54) is 10.8 Å². The first-order chi connectivity index (χ1) is 8.70. The lowest BCUT2D eigenvalue weighted by Gasteiger charge is -2.19. The highest BCUT2D eigenvalue weighted by Gasteiger charge is 2.10. The maximum Gasteiger partial charge on any atom is 0.127 e. The van der Waals surface area contributed by atoms with Crippen LogP contribution < -0.4 is 10.1 Å². The Morgan fingerprint density at radius 3 is 2.56 bits per heavy atom. The average molecular weight is 243 g/mol. The van der Waals surface area contributed by atoms with Gasteiger partial charge in [0.1, 0.15) is 5.75 Å². The van der Waals surface area contributed by atoms with E-state index >= 15 is 0 Å². The molecule has 2 heteroatoms. The minimum atomic E-state index is 0.207. The Morgan fingerprint density at radius 1 is 1.06 bits per heavy atom. The van der Waals surface area contributed by atoms with Crippen molar-refractivity contribution in [3.05, 3.63) is 42.5 Å². The van der Waals surface area contributed by atoms with Crippen molar-refractivity contribution in [3.8, 4) is 5.75 Å². The van der Waals surface area contributed by atoms with Crippen molar-refractivity contribution in [2.45, 2.75) is 32.4 Å². The maximum atomic E-state index is 6.06. The van der Waals surface area contributed by atoms with E-state index in [9.17, 15) is 0 Å². The van der Waals surface area contributed by atoms with Gasteiger partial charge in [-0.15, -0.1) is 0 Å². The van der Waals surface area contributed by atoms with Gasteiger partial charge in [-0.25, -0.2) is 0 Å². The molecule has 0 aliphatic rings. The molecule has 2 rings (SSSR count). The van der Waals surface area contributed by atoms with Crippen LogP contribution in [-0.2, 0) is 0 Å². The van der Waals surface area contributed by atoms with Crippen LogP contribution in [-0.4, -0.2) is 19.2 Å². The smallest absolute Gasteiger partial charge is 0.127 e. The number of benzene rings is 2. The van der Waals surface area contributed by atoms with Gasteiger partial charge < -0.3 is 10.1 Å². The number of hydrogen-bond acceptors (Lipinski definition) is 2. The van der Waals surface area contributed by atoms with Gasteiger partial charge in [-0.3, -0.25) is 0 Å². The summed E-state index contributed by atoms with van der Waals surface area (Å²) in [4.78, 5) is 0. The van der Waals surface area contributed by atoms with E-state index in [2.05, 4.69) is 49.5 Å². The van der Waals surface area contributed by atoms with Crippen LogP contribution in [0.1, 0.15) is 20.3 Å². The van der Waals surface area contributed by atoms with Crippen LogP contribution in [0.25, 0.3) is 10.8 Å². The summed E-state index contributed by atoms with van der Waals surface area (Å²) in [7, 11) is 1.98. The predicted octanol–water partition coefficient (Wildman–Crippen LogP) is 3.61. The minimum absolute atomic E-state index is 0.207. The van der Waals surface area contributed by atoms with E-state index < -0.39 is 0 Å². The highest BCUT2D eigenvalue weighted by molar-refractivity contribution is 5.88. The number of hydrogen-bond donors (Lipinski definition) is 1. The molecule has 0 spiro atoms. The molecule has 2 unspecified atom stereocenters. The van der Waals surface area contributed by atoms with Crippen LogP contribution in [0.2, 0.25) is 0 Å². The van der Waals surface area contributed by atoms with Gasteiger partial charge in [0.2, 0.25) is 0 Å². The van der Waals surface area contributed by atoms with Gasteiger partial charge in [0.05, 0.1) is 6.10 Å². The minimum Gasteiger partial charge on any atom is -0.490 e. The Morgan fingerprint density at radius 2 is 1.78 bits per heavy atom. The molecule has 1 N–H and O–H groups in total. The third-order valence-electron chi connectivity index (χ3n) is 3.26. The first kappa shape index (κ1) is 12.9. The third kappa shape index (κ3) is 3.02. The summed E-state index contributed by atoms with van der Waals surface area (Å²) in [5, 5.41) is 5.65. The molecule has 0 saturated heterocycles. The fraction of sp³-hybridized carbons (Fsp3) is 0.375. The summed E-state index contributed by atoms with van der Waals surface area (Å²) in [6, 6.07) is 15.0. The van der Waals surface area contributed by atoms with Gasteiger partial charge in [0.15, 0.2) is 0 Å². The summed E-state index contributed by atoms with van der Waals surface area (Å²) in [5.41, 5.74) is 0. The van der Waals surface area contributed by atoms with E-state index in [0.29, 0.717) is 6.04 Å². The highest BCUT2D eigenvalue weighted by atomic mass is 16.5. The standard InChI is InChI=1S/C16H21NO/c1-12(17-3)11-13(2)18-16-10-6-8-14-7-4-5-9-15(14)16/h4-10,12-13,17H,11H2,1-3H3. The summed E-state index contributed by atoms with van der Waals surface area (Å²) in [6.07, 6.45) is 1.21. The van der Waals surface area contributed by atoms with Gasteiger partial charge >= 0.3 is 0 Å². The van der Waals surface area contributed by atoms with Gasteiger partial charge in [-0.1, -0.05) is 36.4 Å². The van der Waals surface area contributed by atoms with Crippen LogP contribution in [0, 0.1) is 0 Å². The molecule has 0 aliphatic heterocycles. The first-order valence-corrected chi connectivity index (χ1v) is 6.52. The average Bonchev–Trinajstić information content (AvgIpc) is 2.39. The predicted molar refractivity (Wildman–Crippen MR) is 77.2 cm³/mol. The largest absolute Gasteiger partial charge is 0.490 e. The third-order valence-corrected chi connectivity index (χ3v) is 3.26. The quantitative estimate of drug-likeness (QED) is 0.866. The van der Waals surface area contributed by atoms with E-state index in [1.54, 1.807) is 0 Å². The van der Waals surface area contributed by atoms with Crippen LogP contribution in [0.5, 0.6) is 5.75 Å². The Balaban J connectivity index is 2.16. The van der Waals surface area contributed by atoms with Crippen LogP contribution in [0.3, 0.4) is 0 Å². The molecule has 0 saturated carbocycles. The second-order valence-electron chi connectivity index (χ2n) is 4.83. The van der Waals surface area contributed by atoms with Crippen LogP contribution in [0.4, 0.5) is 0 Å². The molecule has 0 bridgehead atoms. The molecule has 96 valence electrons. The maximum absolute atomic E-state index is 6.06. The molecule has 2 aromatic carbocycles. The molecule has 2 atom stereocenters. The molecule has 0 fully saturated rings. The second-order valence-corrected chi connectivity index (χ2v) is 4.83. The molecule has 0 heterocycles. The summed E-state index contributed by atoms with van der Waals surface area (Å²) in [5.74, 6) is 0.976. The lowest BCUT2D eigenvalue weighted by molar-refractivity contribution is 0.200. The van der Waals surface area contributed by atoms with E-state index in [-0.39, 0.29) is 6.10 Å². The molecule has 2 aromatic rings. The molecule has 2 nitrogen and oxygen atoms in total. The molecule has 0 amide bonds. The number of fused-ring (bicyclic) bond motifs is 1. The molecule has 0 radical (unpaired) electrons. The van der Waals surface area contributed by atoms with Crippen molar-refractivity contribution in [2.75, 3.05) is 7.05 Å². The Hall–Kier alpha value is -1.54. The van der Waals surface area contributed by atoms with Crippen molar-refractivity contribution in [1.82, 2.24) is 5.32 Å². The fourth-order valence-electron chi connectivity index (χ4n) is 2.18. The van der Waals surface area contributed by atoms with Gasteiger partial charge in [-0.2, -0.15) is 0 Å². The number of rotatable bonds is 5.